The largest absolute Gasteiger partial charge is 0.338 e. The second kappa shape index (κ2) is 7.99. The maximum absolute atomic E-state index is 12.8. The van der Waals surface area contributed by atoms with Crippen LogP contribution in [-0.4, -0.2) is 43.7 Å². The number of amidine groups is 1. The van der Waals surface area contributed by atoms with Crippen LogP contribution >= 0.6 is 0 Å². The smallest absolute Gasteiger partial charge is 0.263 e. The number of hydrogen-bond donors (Lipinski definition) is 1. The van der Waals surface area contributed by atoms with E-state index in [1.165, 1.54) is 6.07 Å². The quantitative estimate of drug-likeness (QED) is 0.754. The highest BCUT2D eigenvalue weighted by Crippen LogP contribution is 2.22. The van der Waals surface area contributed by atoms with E-state index in [0.29, 0.717) is 12.1 Å². The minimum Gasteiger partial charge on any atom is -0.338 e. The molecule has 0 fully saturated rings. The highest BCUT2D eigenvalue weighted by Gasteiger charge is 2.31. The standard InChI is InChI=1S/C18H27N3O3S/c1-5-6-9-12-21(13(2)3)18(22)14(4)19-17-15-10-7-8-11-16(15)25(23,24)20-17/h7-8,10-11,13-14H,5-6,9,12H2,1-4H3,(H,19,20)/t14-/m0/s1. The van der Waals surface area contributed by atoms with Crippen molar-refractivity contribution in [2.24, 2.45) is 4.99 Å². The van der Waals surface area contributed by atoms with E-state index in [9.17, 15) is 13.2 Å². The summed E-state index contributed by atoms with van der Waals surface area (Å²) in [5.41, 5.74) is 0.518. The van der Waals surface area contributed by atoms with Gasteiger partial charge >= 0.3 is 0 Å². The zero-order valence-corrected chi connectivity index (χ0v) is 16.1. The average Bonchev–Trinajstić information content (AvgIpc) is 2.82. The van der Waals surface area contributed by atoms with E-state index in [0.717, 1.165) is 19.3 Å². The summed E-state index contributed by atoms with van der Waals surface area (Å²) in [6, 6.07) is 6.10. The van der Waals surface area contributed by atoms with E-state index in [1.807, 2.05) is 18.7 Å². The molecule has 1 aliphatic rings. The van der Waals surface area contributed by atoms with Gasteiger partial charge in [-0.2, -0.15) is 0 Å². The molecular weight excluding hydrogens is 338 g/mol. The summed E-state index contributed by atoms with van der Waals surface area (Å²) < 4.78 is 26.7. The second-order valence-corrected chi connectivity index (χ2v) is 8.24. The Morgan fingerprint density at radius 2 is 1.88 bits per heavy atom. The number of benzene rings is 1. The van der Waals surface area contributed by atoms with Crippen LogP contribution in [0.3, 0.4) is 0 Å². The summed E-state index contributed by atoms with van der Waals surface area (Å²) in [6.45, 7) is 8.50. The lowest BCUT2D eigenvalue weighted by atomic mass is 10.1. The molecule has 0 saturated carbocycles. The number of rotatable bonds is 7. The maximum Gasteiger partial charge on any atom is 0.263 e. The van der Waals surface area contributed by atoms with E-state index in [-0.39, 0.29) is 22.7 Å². The van der Waals surface area contributed by atoms with E-state index < -0.39 is 16.1 Å². The van der Waals surface area contributed by atoms with Gasteiger partial charge < -0.3 is 4.90 Å². The highest BCUT2D eigenvalue weighted by atomic mass is 32.2. The van der Waals surface area contributed by atoms with Crippen molar-refractivity contribution in [3.63, 3.8) is 0 Å². The third kappa shape index (κ3) is 4.39. The molecule has 0 aromatic heterocycles. The molecule has 6 nitrogen and oxygen atoms in total. The molecule has 1 aromatic carbocycles. The number of sulfonamides is 1. The number of carbonyl (C=O) groups is 1. The van der Waals surface area contributed by atoms with E-state index in [1.54, 1.807) is 25.1 Å². The molecule has 1 aromatic rings. The van der Waals surface area contributed by atoms with E-state index >= 15 is 0 Å². The molecule has 0 saturated heterocycles. The molecular formula is C18H27N3O3S. The number of amides is 1. The number of unbranched alkanes of at least 4 members (excludes halogenated alkanes) is 2. The van der Waals surface area contributed by atoms with Crippen LogP contribution in [0.5, 0.6) is 0 Å². The number of carbonyl (C=O) groups excluding carboxylic acids is 1. The van der Waals surface area contributed by atoms with Crippen LogP contribution in [0.4, 0.5) is 0 Å². The molecule has 0 bridgehead atoms. The van der Waals surface area contributed by atoms with Gasteiger partial charge in [0.15, 0.2) is 0 Å². The van der Waals surface area contributed by atoms with Crippen LogP contribution in [0.2, 0.25) is 0 Å². The second-order valence-electron chi connectivity index (χ2n) is 6.59. The van der Waals surface area contributed by atoms with Crippen LogP contribution in [-0.2, 0) is 14.8 Å². The first-order valence-corrected chi connectivity index (χ1v) is 10.3. The highest BCUT2D eigenvalue weighted by molar-refractivity contribution is 7.90. The fourth-order valence-corrected chi connectivity index (χ4v) is 4.11. The minimum atomic E-state index is -3.59. The molecule has 1 amide bonds. The molecule has 138 valence electrons. The zero-order valence-electron chi connectivity index (χ0n) is 15.3. The number of aliphatic imine (C=N–C) groups is 1. The molecule has 0 radical (unpaired) electrons. The Balaban J connectivity index is 2.21. The lowest BCUT2D eigenvalue weighted by molar-refractivity contribution is -0.133. The SMILES string of the molecule is CCCCCN(C(=O)[C@H](C)N=C1NS(=O)(=O)c2ccccc21)C(C)C. The Hall–Kier alpha value is -1.89. The summed E-state index contributed by atoms with van der Waals surface area (Å²) in [5.74, 6) is 0.163. The lowest BCUT2D eigenvalue weighted by Crippen LogP contribution is -2.43. The Bertz CT molecular complexity index is 757. The van der Waals surface area contributed by atoms with Crippen LogP contribution in [0.25, 0.3) is 0 Å². The molecule has 1 atom stereocenters. The van der Waals surface area contributed by atoms with Gasteiger partial charge in [0.1, 0.15) is 11.9 Å². The van der Waals surface area contributed by atoms with Gasteiger partial charge in [0.25, 0.3) is 10.0 Å². The van der Waals surface area contributed by atoms with Gasteiger partial charge in [-0.25, -0.2) is 8.42 Å². The predicted molar refractivity (Wildman–Crippen MR) is 99.1 cm³/mol. The molecule has 0 aliphatic carbocycles. The number of fused-ring (bicyclic) bond motifs is 1. The fraction of sp³-hybridized carbons (Fsp3) is 0.556. The van der Waals surface area contributed by atoms with Gasteiger partial charge in [-0.1, -0.05) is 31.9 Å². The van der Waals surface area contributed by atoms with Crippen molar-refractivity contribution in [2.45, 2.75) is 63.9 Å². The molecule has 25 heavy (non-hydrogen) atoms. The Morgan fingerprint density at radius 3 is 2.52 bits per heavy atom. The van der Waals surface area contributed by atoms with Gasteiger partial charge in [0.2, 0.25) is 5.91 Å². The Labute approximate surface area is 150 Å². The normalized spacial score (nSPS) is 18.0. The van der Waals surface area contributed by atoms with Crippen LogP contribution in [0.15, 0.2) is 34.2 Å². The van der Waals surface area contributed by atoms with E-state index in [4.69, 9.17) is 0 Å². The van der Waals surface area contributed by atoms with Crippen molar-refractivity contribution in [1.29, 1.82) is 0 Å². The number of nitrogens with one attached hydrogen (secondary N) is 1. The van der Waals surface area contributed by atoms with Crippen molar-refractivity contribution in [3.8, 4) is 0 Å². The van der Waals surface area contributed by atoms with E-state index in [2.05, 4.69) is 16.6 Å². The molecule has 0 unspecified atom stereocenters. The van der Waals surface area contributed by atoms with Gasteiger partial charge in [0, 0.05) is 18.2 Å². The van der Waals surface area contributed by atoms with Crippen molar-refractivity contribution in [1.82, 2.24) is 9.62 Å². The third-order valence-electron chi connectivity index (χ3n) is 4.25. The van der Waals surface area contributed by atoms with Crippen molar-refractivity contribution in [2.75, 3.05) is 6.54 Å². The van der Waals surface area contributed by atoms with Crippen LogP contribution in [0.1, 0.15) is 52.5 Å². The van der Waals surface area contributed by atoms with Gasteiger partial charge in [-0.3, -0.25) is 14.5 Å². The van der Waals surface area contributed by atoms with Crippen LogP contribution in [0, 0.1) is 0 Å². The first-order chi connectivity index (χ1) is 11.8. The predicted octanol–water partition coefficient (Wildman–Crippen LogP) is 2.54. The Morgan fingerprint density at radius 1 is 1.20 bits per heavy atom. The summed E-state index contributed by atoms with van der Waals surface area (Å²) in [7, 11) is -3.59. The topological polar surface area (TPSA) is 78.8 Å². The zero-order chi connectivity index (χ0) is 18.6. The fourth-order valence-electron chi connectivity index (χ4n) is 2.87. The van der Waals surface area contributed by atoms with Crippen LogP contribution < -0.4 is 4.72 Å². The minimum absolute atomic E-state index is 0.0813. The van der Waals surface area contributed by atoms with Gasteiger partial charge in [0.05, 0.1) is 4.90 Å². The monoisotopic (exact) mass is 365 g/mol. The first kappa shape index (κ1) is 19.4. The lowest BCUT2D eigenvalue weighted by Gasteiger charge is -2.28. The molecule has 0 spiro atoms. The van der Waals surface area contributed by atoms with Crippen molar-refractivity contribution in [3.05, 3.63) is 29.8 Å². The molecule has 2 rings (SSSR count). The number of nitrogens with zero attached hydrogens (tertiary/aromatic N) is 2. The van der Waals surface area contributed by atoms with Crippen molar-refractivity contribution >= 4 is 21.8 Å². The summed E-state index contributed by atoms with van der Waals surface area (Å²) >= 11 is 0. The maximum atomic E-state index is 12.8. The van der Waals surface area contributed by atoms with Crippen molar-refractivity contribution < 1.29 is 13.2 Å². The first-order valence-electron chi connectivity index (χ1n) is 8.78. The van der Waals surface area contributed by atoms with Gasteiger partial charge in [-0.05, 0) is 39.3 Å². The average molecular weight is 365 g/mol. The molecule has 1 aliphatic heterocycles. The molecule has 1 heterocycles. The third-order valence-corrected chi connectivity index (χ3v) is 5.65. The summed E-state index contributed by atoms with van der Waals surface area (Å²) in [4.78, 5) is 19.2. The Kier molecular flexibility index (Phi) is 6.21. The molecule has 7 heteroatoms. The number of hydrogen-bond acceptors (Lipinski definition) is 4. The summed E-state index contributed by atoms with van der Waals surface area (Å²) in [6.07, 6.45) is 3.13. The molecule has 1 N–H and O–H groups in total. The summed E-state index contributed by atoms with van der Waals surface area (Å²) in [5, 5.41) is 0. The van der Waals surface area contributed by atoms with Gasteiger partial charge in [-0.15, -0.1) is 0 Å².